The van der Waals surface area contributed by atoms with E-state index in [1.54, 1.807) is 24.4 Å². The molecule has 0 fully saturated rings. The lowest BCUT2D eigenvalue weighted by Crippen LogP contribution is -2.18. The summed E-state index contributed by atoms with van der Waals surface area (Å²) in [5.41, 5.74) is 1.85. The number of hydrogen-bond donors (Lipinski definition) is 0. The van der Waals surface area contributed by atoms with Crippen molar-refractivity contribution in [2.45, 2.75) is 13.1 Å². The van der Waals surface area contributed by atoms with E-state index in [0.29, 0.717) is 18.1 Å². The Morgan fingerprint density at radius 3 is 2.78 bits per heavy atom. The predicted octanol–water partition coefficient (Wildman–Crippen LogP) is 3.51. The first kappa shape index (κ1) is 13.0. The third kappa shape index (κ3) is 3.79. The fraction of sp³-hybridized carbons (Fsp3) is 0.214. The molecule has 0 aliphatic rings. The van der Waals surface area contributed by atoms with Crippen molar-refractivity contribution in [3.05, 3.63) is 64.7 Å². The molecule has 2 rings (SSSR count). The first-order valence-corrected chi connectivity index (χ1v) is 6.05. The Labute approximate surface area is 111 Å². The van der Waals surface area contributed by atoms with E-state index in [0.717, 1.165) is 11.3 Å². The highest BCUT2D eigenvalue weighted by atomic mass is 35.5. The second-order valence-electron chi connectivity index (χ2n) is 4.27. The molecule has 0 aliphatic carbocycles. The second-order valence-corrected chi connectivity index (χ2v) is 4.70. The van der Waals surface area contributed by atoms with Crippen LogP contribution in [0, 0.1) is 5.82 Å². The number of hydrogen-bond acceptors (Lipinski definition) is 2. The molecule has 1 aromatic carbocycles. The summed E-state index contributed by atoms with van der Waals surface area (Å²) in [4.78, 5) is 6.30. The van der Waals surface area contributed by atoms with Gasteiger partial charge in [-0.05, 0) is 36.9 Å². The maximum absolute atomic E-state index is 13.0. The number of aromatic nitrogens is 1. The fourth-order valence-electron chi connectivity index (χ4n) is 1.81. The van der Waals surface area contributed by atoms with Gasteiger partial charge in [-0.15, -0.1) is 0 Å². The topological polar surface area (TPSA) is 16.1 Å². The van der Waals surface area contributed by atoms with Crippen LogP contribution in [0.1, 0.15) is 11.3 Å². The highest BCUT2D eigenvalue weighted by Gasteiger charge is 2.04. The Kier molecular flexibility index (Phi) is 4.28. The van der Waals surface area contributed by atoms with E-state index < -0.39 is 0 Å². The van der Waals surface area contributed by atoms with Crippen LogP contribution < -0.4 is 0 Å². The molecule has 0 spiro atoms. The Hall–Kier alpha value is -1.45. The summed E-state index contributed by atoms with van der Waals surface area (Å²) in [5.74, 6) is -0.207. The van der Waals surface area contributed by atoms with Gasteiger partial charge in [0.15, 0.2) is 0 Å². The van der Waals surface area contributed by atoms with Gasteiger partial charge >= 0.3 is 0 Å². The van der Waals surface area contributed by atoms with Crippen LogP contribution in [-0.2, 0) is 13.1 Å². The van der Waals surface area contributed by atoms with E-state index >= 15 is 0 Å². The van der Waals surface area contributed by atoms with Crippen molar-refractivity contribution < 1.29 is 4.39 Å². The lowest BCUT2D eigenvalue weighted by Gasteiger charge is -2.16. The van der Waals surface area contributed by atoms with Crippen LogP contribution in [-0.4, -0.2) is 16.9 Å². The van der Waals surface area contributed by atoms with Crippen molar-refractivity contribution in [1.29, 1.82) is 0 Å². The molecule has 2 nitrogen and oxygen atoms in total. The van der Waals surface area contributed by atoms with E-state index in [2.05, 4.69) is 9.88 Å². The molecule has 0 aliphatic heterocycles. The van der Waals surface area contributed by atoms with Gasteiger partial charge in [-0.25, -0.2) is 4.39 Å². The van der Waals surface area contributed by atoms with E-state index in [9.17, 15) is 4.39 Å². The second kappa shape index (κ2) is 5.94. The van der Waals surface area contributed by atoms with Crippen molar-refractivity contribution in [2.75, 3.05) is 7.05 Å². The summed E-state index contributed by atoms with van der Waals surface area (Å²) < 4.78 is 13.0. The molecule has 18 heavy (non-hydrogen) atoms. The smallest absolute Gasteiger partial charge is 0.123 e. The van der Waals surface area contributed by atoms with Crippen molar-refractivity contribution >= 4 is 11.6 Å². The molecule has 2 aromatic rings. The molecule has 0 radical (unpaired) electrons. The van der Waals surface area contributed by atoms with Gasteiger partial charge in [-0.1, -0.05) is 23.7 Å². The van der Waals surface area contributed by atoms with Gasteiger partial charge in [0, 0.05) is 24.3 Å². The number of pyridine rings is 1. The highest BCUT2D eigenvalue weighted by Crippen LogP contribution is 2.11. The van der Waals surface area contributed by atoms with Gasteiger partial charge < -0.3 is 0 Å². The number of rotatable bonds is 4. The summed E-state index contributed by atoms with van der Waals surface area (Å²) in [6.07, 6.45) is 1.69. The van der Waals surface area contributed by atoms with E-state index in [1.165, 1.54) is 6.07 Å². The van der Waals surface area contributed by atoms with Gasteiger partial charge in [0.05, 0.1) is 5.69 Å². The van der Waals surface area contributed by atoms with Gasteiger partial charge in [0.25, 0.3) is 0 Å². The molecule has 0 unspecified atom stereocenters. The summed E-state index contributed by atoms with van der Waals surface area (Å²) in [7, 11) is 1.97. The lowest BCUT2D eigenvalue weighted by atomic mass is 10.2. The molecular formula is C14H14ClFN2. The van der Waals surface area contributed by atoms with Gasteiger partial charge in [-0.2, -0.15) is 0 Å². The standard InChI is InChI=1S/C14H14ClFN2/c1-18(9-11-3-2-4-13(16)7-11)10-14-8-12(15)5-6-17-14/h2-8H,9-10H2,1H3. The summed E-state index contributed by atoms with van der Waals surface area (Å²) in [6, 6.07) is 10.2. The largest absolute Gasteiger partial charge is 0.296 e. The minimum absolute atomic E-state index is 0.207. The van der Waals surface area contributed by atoms with E-state index in [4.69, 9.17) is 11.6 Å². The number of nitrogens with zero attached hydrogens (tertiary/aromatic N) is 2. The molecular weight excluding hydrogens is 251 g/mol. The third-order valence-corrected chi connectivity index (χ3v) is 2.79. The van der Waals surface area contributed by atoms with Crippen molar-refractivity contribution in [2.24, 2.45) is 0 Å². The zero-order valence-electron chi connectivity index (χ0n) is 10.1. The molecule has 94 valence electrons. The van der Waals surface area contributed by atoms with Crippen LogP contribution in [0.2, 0.25) is 5.02 Å². The molecule has 0 amide bonds. The molecule has 1 aromatic heterocycles. The zero-order valence-corrected chi connectivity index (χ0v) is 10.9. The monoisotopic (exact) mass is 264 g/mol. The summed E-state index contributed by atoms with van der Waals surface area (Å²) in [6.45, 7) is 1.35. The zero-order chi connectivity index (χ0) is 13.0. The Morgan fingerprint density at radius 2 is 2.06 bits per heavy atom. The quantitative estimate of drug-likeness (QED) is 0.840. The molecule has 0 saturated heterocycles. The third-order valence-electron chi connectivity index (χ3n) is 2.55. The van der Waals surface area contributed by atoms with Crippen LogP contribution in [0.5, 0.6) is 0 Å². The van der Waals surface area contributed by atoms with Crippen LogP contribution in [0.3, 0.4) is 0 Å². The van der Waals surface area contributed by atoms with Crippen molar-refractivity contribution in [1.82, 2.24) is 9.88 Å². The Bertz CT molecular complexity index is 483. The van der Waals surface area contributed by atoms with E-state index in [1.807, 2.05) is 19.2 Å². The summed E-state index contributed by atoms with van der Waals surface area (Å²) >= 11 is 5.90. The lowest BCUT2D eigenvalue weighted by molar-refractivity contribution is 0.314. The van der Waals surface area contributed by atoms with Crippen LogP contribution in [0.25, 0.3) is 0 Å². The van der Waals surface area contributed by atoms with Gasteiger partial charge in [0.2, 0.25) is 0 Å². The fourth-order valence-corrected chi connectivity index (χ4v) is 2.00. The predicted molar refractivity (Wildman–Crippen MR) is 70.8 cm³/mol. The Morgan fingerprint density at radius 1 is 1.22 bits per heavy atom. The molecule has 0 atom stereocenters. The number of halogens is 2. The van der Waals surface area contributed by atoms with Crippen LogP contribution in [0.15, 0.2) is 42.6 Å². The number of benzene rings is 1. The maximum Gasteiger partial charge on any atom is 0.123 e. The van der Waals surface area contributed by atoms with Crippen LogP contribution >= 0.6 is 11.6 Å². The first-order valence-electron chi connectivity index (χ1n) is 5.67. The molecule has 0 N–H and O–H groups in total. The molecule has 0 saturated carbocycles. The first-order chi connectivity index (χ1) is 8.63. The summed E-state index contributed by atoms with van der Waals surface area (Å²) in [5, 5.41) is 0.680. The van der Waals surface area contributed by atoms with Crippen molar-refractivity contribution in [3.63, 3.8) is 0 Å². The highest BCUT2D eigenvalue weighted by molar-refractivity contribution is 6.30. The molecule has 0 bridgehead atoms. The maximum atomic E-state index is 13.0. The Balaban J connectivity index is 1.98. The van der Waals surface area contributed by atoms with Crippen LogP contribution in [0.4, 0.5) is 4.39 Å². The average Bonchev–Trinajstić information content (AvgIpc) is 2.28. The minimum atomic E-state index is -0.207. The normalized spacial score (nSPS) is 10.9. The van der Waals surface area contributed by atoms with Gasteiger partial charge in [0.1, 0.15) is 5.82 Å². The van der Waals surface area contributed by atoms with Gasteiger partial charge in [-0.3, -0.25) is 9.88 Å². The van der Waals surface area contributed by atoms with Crippen molar-refractivity contribution in [3.8, 4) is 0 Å². The van der Waals surface area contributed by atoms with E-state index in [-0.39, 0.29) is 5.82 Å². The minimum Gasteiger partial charge on any atom is -0.296 e. The molecule has 1 heterocycles. The average molecular weight is 265 g/mol. The SMILES string of the molecule is CN(Cc1cccc(F)c1)Cc1cc(Cl)ccn1. The molecule has 4 heteroatoms.